The maximum Gasteiger partial charge on any atom is 0.179 e. The molecule has 0 radical (unpaired) electrons. The molecule has 0 saturated carbocycles. The minimum absolute atomic E-state index is 1.08. The molecule has 0 spiro atoms. The lowest BCUT2D eigenvalue weighted by molar-refractivity contribution is 1.18. The Bertz CT molecular complexity index is 4260. The number of anilines is 3. The maximum atomic E-state index is 2.46. The highest BCUT2D eigenvalue weighted by Gasteiger charge is 2.41. The number of hydrogen-bond acceptors (Lipinski definition) is 1. The van der Waals surface area contributed by atoms with Gasteiger partial charge < -0.3 is 9.47 Å². The zero-order chi connectivity index (χ0) is 52.5. The van der Waals surface area contributed by atoms with Crippen molar-refractivity contribution >= 4 is 78.5 Å². The Hall–Kier alpha value is -10.1. The first kappa shape index (κ1) is 47.4. The van der Waals surface area contributed by atoms with Crippen LogP contribution in [0.4, 0.5) is 17.1 Å². The molecule has 13 aromatic carbocycles. The van der Waals surface area contributed by atoms with E-state index < -0.39 is 8.07 Å². The lowest BCUT2D eigenvalue weighted by atomic mass is 9.97. The van der Waals surface area contributed by atoms with Gasteiger partial charge in [-0.25, -0.2) is 0 Å². The summed E-state index contributed by atoms with van der Waals surface area (Å²) in [5.74, 6) is 0. The molecular formula is C76H54N2Si. The van der Waals surface area contributed by atoms with E-state index in [1.54, 1.807) is 0 Å². The van der Waals surface area contributed by atoms with E-state index in [9.17, 15) is 0 Å². The Morgan fingerprint density at radius 3 is 1.19 bits per heavy atom. The molecule has 0 saturated heterocycles. The van der Waals surface area contributed by atoms with Gasteiger partial charge in [-0.05, 0) is 143 Å². The lowest BCUT2D eigenvalue weighted by Crippen LogP contribution is -2.74. The van der Waals surface area contributed by atoms with Crippen molar-refractivity contribution in [2.45, 2.75) is 0 Å². The van der Waals surface area contributed by atoms with Crippen LogP contribution in [0.15, 0.2) is 328 Å². The van der Waals surface area contributed by atoms with Gasteiger partial charge >= 0.3 is 0 Å². The van der Waals surface area contributed by atoms with E-state index in [0.29, 0.717) is 0 Å². The van der Waals surface area contributed by atoms with Gasteiger partial charge in [0.15, 0.2) is 8.07 Å². The van der Waals surface area contributed by atoms with Gasteiger partial charge in [-0.15, -0.1) is 0 Å². The molecule has 372 valence electrons. The molecule has 2 nitrogen and oxygen atoms in total. The van der Waals surface area contributed by atoms with Crippen molar-refractivity contribution in [3.05, 3.63) is 328 Å². The second kappa shape index (κ2) is 20.5. The molecular weight excluding hydrogens is 969 g/mol. The van der Waals surface area contributed by atoms with E-state index in [1.807, 2.05) is 0 Å². The van der Waals surface area contributed by atoms with Gasteiger partial charge in [0.25, 0.3) is 0 Å². The Morgan fingerprint density at radius 2 is 0.646 bits per heavy atom. The maximum absolute atomic E-state index is 2.75. The quantitative estimate of drug-likeness (QED) is 0.0875. The predicted molar refractivity (Wildman–Crippen MR) is 338 cm³/mol. The highest BCUT2D eigenvalue weighted by molar-refractivity contribution is 7.19. The summed E-state index contributed by atoms with van der Waals surface area (Å²) in [6.07, 6.45) is 0. The molecule has 0 N–H and O–H groups in total. The van der Waals surface area contributed by atoms with E-state index in [2.05, 4.69) is 337 Å². The fourth-order valence-electron chi connectivity index (χ4n) is 12.3. The van der Waals surface area contributed by atoms with Crippen LogP contribution < -0.4 is 25.6 Å². The molecule has 0 aliphatic carbocycles. The number of fused-ring (bicyclic) bond motifs is 4. The van der Waals surface area contributed by atoms with Crippen LogP contribution in [0, 0.1) is 0 Å². The summed E-state index contributed by atoms with van der Waals surface area (Å²) in [5, 5.41) is 10.3. The topological polar surface area (TPSA) is 8.17 Å². The van der Waals surface area contributed by atoms with Crippen LogP contribution in [-0.2, 0) is 0 Å². The standard InChI is InChI=1S/C76H54N2Si/c1-6-22-55(23-7-1)60-52-61(56-24-8-2-9-25-56)54-65(53-60)78-74-38-19-18-35-73(74)76-72(37-21-39-75(76)78)59-42-46-63(47-43-59)77(62-44-40-58(41-45-62)71-36-20-27-57-26-16-17-34-70(57)71)64-48-50-69(51-49-64)79(66-28-10-3-11-29-66,67-30-12-4-13-31-67)68-32-14-5-15-33-68/h1-54H. The Kier molecular flexibility index (Phi) is 12.3. The SMILES string of the molecule is c1ccc(-c2cc(-c3ccccc3)cc(-n3c4ccccc4c4c(-c5ccc(N(c6ccc(-c7cccc8ccccc78)cc6)c6ccc([Si](c7ccccc7)(c7ccccc7)c7ccccc7)cc6)cc5)cccc43)c2)cc1. The predicted octanol–water partition coefficient (Wildman–Crippen LogP) is 17.5. The molecule has 0 amide bonds. The van der Waals surface area contributed by atoms with Gasteiger partial charge in [0.1, 0.15) is 0 Å². The van der Waals surface area contributed by atoms with Crippen LogP contribution >= 0.6 is 0 Å². The Morgan fingerprint density at radius 1 is 0.253 bits per heavy atom. The van der Waals surface area contributed by atoms with Gasteiger partial charge in [0, 0.05) is 33.5 Å². The minimum Gasteiger partial charge on any atom is -0.311 e. The average Bonchev–Trinajstić information content (AvgIpc) is 4.05. The van der Waals surface area contributed by atoms with Crippen molar-refractivity contribution in [3.63, 3.8) is 0 Å². The smallest absolute Gasteiger partial charge is 0.179 e. The van der Waals surface area contributed by atoms with Gasteiger partial charge in [-0.2, -0.15) is 0 Å². The molecule has 79 heavy (non-hydrogen) atoms. The lowest BCUT2D eigenvalue weighted by Gasteiger charge is -2.35. The van der Waals surface area contributed by atoms with Crippen molar-refractivity contribution in [1.82, 2.24) is 4.57 Å². The third kappa shape index (κ3) is 8.54. The number of nitrogens with zero attached hydrogens (tertiary/aromatic N) is 2. The van der Waals surface area contributed by atoms with Gasteiger partial charge in [0.2, 0.25) is 0 Å². The zero-order valence-electron chi connectivity index (χ0n) is 43.6. The number of hydrogen-bond donors (Lipinski definition) is 0. The zero-order valence-corrected chi connectivity index (χ0v) is 44.6. The van der Waals surface area contributed by atoms with Crippen LogP contribution in [0.3, 0.4) is 0 Å². The fourth-order valence-corrected chi connectivity index (χ4v) is 17.0. The minimum atomic E-state index is -2.75. The average molecular weight is 1020 g/mol. The molecule has 0 bridgehead atoms. The van der Waals surface area contributed by atoms with E-state index in [1.165, 1.54) is 92.3 Å². The van der Waals surface area contributed by atoms with Crippen LogP contribution in [0.25, 0.3) is 82.8 Å². The monoisotopic (exact) mass is 1020 g/mol. The van der Waals surface area contributed by atoms with Crippen molar-refractivity contribution in [2.24, 2.45) is 0 Å². The van der Waals surface area contributed by atoms with E-state index in [0.717, 1.165) is 28.3 Å². The van der Waals surface area contributed by atoms with Gasteiger partial charge in [-0.1, -0.05) is 261 Å². The summed E-state index contributed by atoms with van der Waals surface area (Å²) in [6.45, 7) is 0. The first-order chi connectivity index (χ1) is 39.2. The molecule has 0 unspecified atom stereocenters. The molecule has 14 rings (SSSR count). The summed E-state index contributed by atoms with van der Waals surface area (Å²) >= 11 is 0. The van der Waals surface area contributed by atoms with Gasteiger partial charge in [-0.3, -0.25) is 0 Å². The molecule has 1 heterocycles. The highest BCUT2D eigenvalue weighted by atomic mass is 28.3. The number of benzene rings is 13. The van der Waals surface area contributed by atoms with E-state index in [4.69, 9.17) is 0 Å². The summed E-state index contributed by atoms with van der Waals surface area (Å²) in [7, 11) is -2.75. The van der Waals surface area contributed by atoms with Crippen molar-refractivity contribution in [2.75, 3.05) is 4.90 Å². The second-order valence-corrected chi connectivity index (χ2v) is 24.2. The van der Waals surface area contributed by atoms with Crippen LogP contribution in [0.1, 0.15) is 0 Å². The molecule has 0 aliphatic heterocycles. The molecule has 0 aliphatic rings. The van der Waals surface area contributed by atoms with E-state index >= 15 is 0 Å². The number of aromatic nitrogens is 1. The normalized spacial score (nSPS) is 11.5. The summed E-state index contributed by atoms with van der Waals surface area (Å²) < 4.78 is 2.46. The van der Waals surface area contributed by atoms with E-state index in [-0.39, 0.29) is 0 Å². The third-order valence-corrected chi connectivity index (χ3v) is 20.7. The Labute approximate surface area is 463 Å². The largest absolute Gasteiger partial charge is 0.311 e. The molecule has 0 atom stereocenters. The number of para-hydroxylation sites is 1. The third-order valence-electron chi connectivity index (χ3n) is 15.9. The van der Waals surface area contributed by atoms with Crippen molar-refractivity contribution < 1.29 is 0 Å². The first-order valence-electron chi connectivity index (χ1n) is 27.2. The summed E-state index contributed by atoms with van der Waals surface area (Å²) in [5.41, 5.74) is 16.2. The number of rotatable bonds is 12. The second-order valence-electron chi connectivity index (χ2n) is 20.4. The molecule has 3 heteroatoms. The van der Waals surface area contributed by atoms with Crippen LogP contribution in [0.5, 0.6) is 0 Å². The van der Waals surface area contributed by atoms with Crippen LogP contribution in [0.2, 0.25) is 0 Å². The molecule has 0 fully saturated rings. The Balaban J connectivity index is 0.905. The van der Waals surface area contributed by atoms with Crippen molar-refractivity contribution in [3.8, 4) is 50.2 Å². The van der Waals surface area contributed by atoms with Crippen LogP contribution in [-0.4, -0.2) is 12.6 Å². The highest BCUT2D eigenvalue weighted by Crippen LogP contribution is 2.42. The summed E-state index contributed by atoms with van der Waals surface area (Å²) in [4.78, 5) is 2.41. The van der Waals surface area contributed by atoms with Crippen molar-refractivity contribution in [1.29, 1.82) is 0 Å². The summed E-state index contributed by atoms with van der Waals surface area (Å²) in [6, 6.07) is 121. The first-order valence-corrected chi connectivity index (χ1v) is 29.2. The molecule has 14 aromatic rings. The molecule has 1 aromatic heterocycles. The van der Waals surface area contributed by atoms with Gasteiger partial charge in [0.05, 0.1) is 11.0 Å². The fraction of sp³-hybridized carbons (Fsp3) is 0.